The molecule has 0 saturated heterocycles. The number of hydrogen-bond donors (Lipinski definition) is 2. The number of nitrogens with one attached hydrogen (secondary N) is 1. The maximum absolute atomic E-state index is 11.9. The normalized spacial score (nSPS) is 9.74. The van der Waals surface area contributed by atoms with E-state index in [2.05, 4.69) is 18.1 Å². The molecule has 0 fully saturated rings. The minimum atomic E-state index is -0.367. The number of urea groups is 1. The molecule has 0 aliphatic rings. The van der Waals surface area contributed by atoms with Crippen molar-refractivity contribution in [2.24, 2.45) is 0 Å². The molecule has 0 radical (unpaired) electrons. The third-order valence-corrected chi connectivity index (χ3v) is 2.90. The average molecular weight is 272 g/mol. The number of benzene rings is 2. The standard InChI is InChI=1S/C14H12N2O2S/c17-10-11-6-8-13(9-7-11)16(19)14(18)15-12-4-2-1-3-5-12/h1-10,19H,(H,15,18). The zero-order valence-corrected chi connectivity index (χ0v) is 10.9. The predicted octanol–water partition coefficient (Wildman–Crippen LogP) is 3.38. The van der Waals surface area contributed by atoms with E-state index in [-0.39, 0.29) is 6.03 Å². The molecule has 0 aliphatic heterocycles. The zero-order chi connectivity index (χ0) is 13.7. The number of para-hydroxylation sites is 1. The zero-order valence-electron chi connectivity index (χ0n) is 9.98. The van der Waals surface area contributed by atoms with Crippen molar-refractivity contribution in [2.75, 3.05) is 9.62 Å². The highest BCUT2D eigenvalue weighted by Crippen LogP contribution is 2.18. The van der Waals surface area contributed by atoms with E-state index in [0.29, 0.717) is 16.9 Å². The van der Waals surface area contributed by atoms with Crippen LogP contribution in [-0.4, -0.2) is 12.3 Å². The van der Waals surface area contributed by atoms with Gasteiger partial charge in [0.25, 0.3) is 0 Å². The lowest BCUT2D eigenvalue weighted by Gasteiger charge is -2.16. The molecule has 5 heteroatoms. The second kappa shape index (κ2) is 6.06. The molecule has 0 spiro atoms. The molecule has 96 valence electrons. The Morgan fingerprint density at radius 3 is 2.26 bits per heavy atom. The van der Waals surface area contributed by atoms with Gasteiger partial charge in [-0.1, -0.05) is 31.0 Å². The summed E-state index contributed by atoms with van der Waals surface area (Å²) in [5.41, 5.74) is 1.83. The van der Waals surface area contributed by atoms with Gasteiger partial charge in [-0.25, -0.2) is 9.10 Å². The number of aldehydes is 1. The lowest BCUT2D eigenvalue weighted by atomic mass is 10.2. The van der Waals surface area contributed by atoms with Gasteiger partial charge in [-0.05, 0) is 36.4 Å². The Hall–Kier alpha value is -2.27. The fraction of sp³-hybridized carbons (Fsp3) is 0. The van der Waals surface area contributed by atoms with Crippen LogP contribution in [0.15, 0.2) is 54.6 Å². The van der Waals surface area contributed by atoms with Crippen LogP contribution in [0.2, 0.25) is 0 Å². The Labute approximate surface area is 116 Å². The van der Waals surface area contributed by atoms with Crippen molar-refractivity contribution >= 4 is 36.5 Å². The molecule has 1 N–H and O–H groups in total. The van der Waals surface area contributed by atoms with Crippen LogP contribution < -0.4 is 9.62 Å². The van der Waals surface area contributed by atoms with E-state index >= 15 is 0 Å². The summed E-state index contributed by atoms with van der Waals surface area (Å²) in [5.74, 6) is 0. The minimum absolute atomic E-state index is 0.367. The van der Waals surface area contributed by atoms with E-state index in [1.807, 2.05) is 18.2 Å². The highest BCUT2D eigenvalue weighted by atomic mass is 32.1. The lowest BCUT2D eigenvalue weighted by molar-refractivity contribution is 0.112. The van der Waals surface area contributed by atoms with Crippen LogP contribution in [-0.2, 0) is 0 Å². The monoisotopic (exact) mass is 272 g/mol. The van der Waals surface area contributed by atoms with Crippen LogP contribution >= 0.6 is 12.8 Å². The Balaban J connectivity index is 2.08. The second-order valence-electron chi connectivity index (χ2n) is 3.82. The summed E-state index contributed by atoms with van der Waals surface area (Å²) in [6.07, 6.45) is 0.747. The van der Waals surface area contributed by atoms with Crippen molar-refractivity contribution in [1.29, 1.82) is 0 Å². The van der Waals surface area contributed by atoms with Crippen molar-refractivity contribution in [3.63, 3.8) is 0 Å². The molecule has 2 amide bonds. The Morgan fingerprint density at radius 1 is 1.05 bits per heavy atom. The summed E-state index contributed by atoms with van der Waals surface area (Å²) >= 11 is 4.14. The Morgan fingerprint density at radius 2 is 1.68 bits per heavy atom. The van der Waals surface area contributed by atoms with Gasteiger partial charge in [-0.3, -0.25) is 4.79 Å². The van der Waals surface area contributed by atoms with Crippen molar-refractivity contribution in [1.82, 2.24) is 0 Å². The SMILES string of the molecule is O=Cc1ccc(N(S)C(=O)Nc2ccccc2)cc1. The van der Waals surface area contributed by atoms with Gasteiger partial charge in [0, 0.05) is 11.3 Å². The summed E-state index contributed by atoms with van der Waals surface area (Å²) < 4.78 is 1.18. The van der Waals surface area contributed by atoms with Crippen molar-refractivity contribution in [2.45, 2.75) is 0 Å². The number of carbonyl (C=O) groups excluding carboxylic acids is 2. The van der Waals surface area contributed by atoms with Gasteiger partial charge >= 0.3 is 6.03 Å². The highest BCUT2D eigenvalue weighted by Gasteiger charge is 2.11. The third kappa shape index (κ3) is 3.35. The molecule has 19 heavy (non-hydrogen) atoms. The molecular formula is C14H12N2O2S. The highest BCUT2D eigenvalue weighted by molar-refractivity contribution is 7.82. The average Bonchev–Trinajstić information content (AvgIpc) is 2.47. The second-order valence-corrected chi connectivity index (χ2v) is 4.22. The number of amides is 2. The largest absolute Gasteiger partial charge is 0.336 e. The van der Waals surface area contributed by atoms with Crippen LogP contribution in [0.4, 0.5) is 16.2 Å². The van der Waals surface area contributed by atoms with E-state index in [4.69, 9.17) is 0 Å². The smallest absolute Gasteiger partial charge is 0.307 e. The van der Waals surface area contributed by atoms with Crippen molar-refractivity contribution in [3.8, 4) is 0 Å². The van der Waals surface area contributed by atoms with Gasteiger partial charge in [0.15, 0.2) is 0 Å². The van der Waals surface area contributed by atoms with Gasteiger partial charge < -0.3 is 5.32 Å². The summed E-state index contributed by atoms with van der Waals surface area (Å²) in [6, 6.07) is 15.3. The molecular weight excluding hydrogens is 260 g/mol. The van der Waals surface area contributed by atoms with Crippen LogP contribution in [0.5, 0.6) is 0 Å². The maximum Gasteiger partial charge on any atom is 0.336 e. The number of nitrogens with zero attached hydrogens (tertiary/aromatic N) is 1. The molecule has 0 unspecified atom stereocenters. The van der Waals surface area contributed by atoms with Crippen LogP contribution in [0.1, 0.15) is 10.4 Å². The molecule has 0 heterocycles. The molecule has 0 saturated carbocycles. The number of hydrogen-bond acceptors (Lipinski definition) is 3. The molecule has 0 atom stereocenters. The molecule has 2 rings (SSSR count). The first-order valence-corrected chi connectivity index (χ1v) is 6.01. The van der Waals surface area contributed by atoms with E-state index in [1.165, 1.54) is 4.31 Å². The molecule has 0 aromatic heterocycles. The van der Waals surface area contributed by atoms with E-state index in [0.717, 1.165) is 6.29 Å². The van der Waals surface area contributed by atoms with Gasteiger partial charge in [-0.2, -0.15) is 0 Å². The van der Waals surface area contributed by atoms with Crippen LogP contribution in [0.3, 0.4) is 0 Å². The van der Waals surface area contributed by atoms with E-state index in [9.17, 15) is 9.59 Å². The first-order valence-electron chi connectivity index (χ1n) is 5.61. The number of carbonyl (C=O) groups is 2. The fourth-order valence-electron chi connectivity index (χ4n) is 1.51. The summed E-state index contributed by atoms with van der Waals surface area (Å²) in [4.78, 5) is 22.5. The summed E-state index contributed by atoms with van der Waals surface area (Å²) in [7, 11) is 0. The van der Waals surface area contributed by atoms with Crippen molar-refractivity contribution in [3.05, 3.63) is 60.2 Å². The summed E-state index contributed by atoms with van der Waals surface area (Å²) in [5, 5.41) is 2.71. The van der Waals surface area contributed by atoms with E-state index < -0.39 is 0 Å². The quantitative estimate of drug-likeness (QED) is 0.664. The first-order chi connectivity index (χ1) is 9.20. The lowest BCUT2D eigenvalue weighted by Crippen LogP contribution is -2.26. The van der Waals surface area contributed by atoms with Gasteiger partial charge in [0.1, 0.15) is 6.29 Å². The predicted molar refractivity (Wildman–Crippen MR) is 78.8 cm³/mol. The molecule has 2 aromatic carbocycles. The first kappa shape index (κ1) is 13.2. The topological polar surface area (TPSA) is 49.4 Å². The number of rotatable bonds is 3. The van der Waals surface area contributed by atoms with Crippen molar-refractivity contribution < 1.29 is 9.59 Å². The molecule has 2 aromatic rings. The Bertz CT molecular complexity index is 570. The Kier molecular flexibility index (Phi) is 4.20. The molecule has 4 nitrogen and oxygen atoms in total. The van der Waals surface area contributed by atoms with Gasteiger partial charge in [0.05, 0.1) is 5.69 Å². The third-order valence-electron chi connectivity index (χ3n) is 2.49. The van der Waals surface area contributed by atoms with Crippen LogP contribution in [0, 0.1) is 0 Å². The molecule has 0 aliphatic carbocycles. The fourth-order valence-corrected chi connectivity index (χ4v) is 1.69. The van der Waals surface area contributed by atoms with E-state index in [1.54, 1.807) is 36.4 Å². The minimum Gasteiger partial charge on any atom is -0.307 e. The maximum atomic E-state index is 11.9. The van der Waals surface area contributed by atoms with Gasteiger partial charge in [0.2, 0.25) is 0 Å². The number of anilines is 2. The molecule has 0 bridgehead atoms. The van der Waals surface area contributed by atoms with Gasteiger partial charge in [-0.15, -0.1) is 0 Å². The van der Waals surface area contributed by atoms with Crippen LogP contribution in [0.25, 0.3) is 0 Å². The summed E-state index contributed by atoms with van der Waals surface area (Å²) in [6.45, 7) is 0. The number of thiol groups is 1.